The molecule has 0 amide bonds. The van der Waals surface area contributed by atoms with Crippen molar-refractivity contribution in [2.75, 3.05) is 18.3 Å². The summed E-state index contributed by atoms with van der Waals surface area (Å²) in [7, 11) is -1.63. The van der Waals surface area contributed by atoms with Gasteiger partial charge in [-0.3, -0.25) is 4.72 Å². The first-order valence-electron chi connectivity index (χ1n) is 5.29. The fraction of sp³-hybridized carbons (Fsp3) is 0.455. The molecule has 0 aliphatic carbocycles. The number of sulfonamides is 1. The molecule has 1 aromatic carbocycles. The van der Waals surface area contributed by atoms with Crippen LogP contribution in [0.25, 0.3) is 0 Å². The molecule has 17 heavy (non-hydrogen) atoms. The van der Waals surface area contributed by atoms with Crippen molar-refractivity contribution in [3.8, 4) is 0 Å². The summed E-state index contributed by atoms with van der Waals surface area (Å²) in [5, 5.41) is 2.37. The number of hydrogen-bond donors (Lipinski definition) is 2. The van der Waals surface area contributed by atoms with Gasteiger partial charge in [0.1, 0.15) is 0 Å². The zero-order chi connectivity index (χ0) is 13.1. The van der Waals surface area contributed by atoms with Crippen molar-refractivity contribution >= 4 is 31.6 Å². The van der Waals surface area contributed by atoms with E-state index in [0.29, 0.717) is 12.2 Å². The molecule has 1 atom stereocenters. The van der Waals surface area contributed by atoms with Gasteiger partial charge in [-0.05, 0) is 54.5 Å². The molecular formula is C11H17BrN2O2S. The Morgan fingerprint density at radius 2 is 2.06 bits per heavy atom. The Kier molecular flexibility index (Phi) is 4.97. The van der Waals surface area contributed by atoms with Crippen LogP contribution < -0.4 is 10.0 Å². The second kappa shape index (κ2) is 5.84. The summed E-state index contributed by atoms with van der Waals surface area (Å²) in [6, 6.07) is 5.54. The van der Waals surface area contributed by atoms with Crippen molar-refractivity contribution in [1.82, 2.24) is 5.32 Å². The minimum Gasteiger partial charge on any atom is -0.318 e. The number of rotatable bonds is 5. The largest absolute Gasteiger partial charge is 0.318 e. The molecule has 96 valence electrons. The van der Waals surface area contributed by atoms with Crippen LogP contribution in [-0.2, 0) is 10.0 Å². The first-order chi connectivity index (χ1) is 7.86. The van der Waals surface area contributed by atoms with Crippen LogP contribution in [0.2, 0.25) is 0 Å². The molecular weight excluding hydrogens is 304 g/mol. The van der Waals surface area contributed by atoms with Crippen molar-refractivity contribution in [1.29, 1.82) is 0 Å². The Balaban J connectivity index is 2.94. The van der Waals surface area contributed by atoms with Crippen LogP contribution in [0.15, 0.2) is 22.7 Å². The molecule has 4 nitrogen and oxygen atoms in total. The number of aryl methyl sites for hydroxylation is 1. The Morgan fingerprint density at radius 1 is 1.41 bits per heavy atom. The van der Waals surface area contributed by atoms with Gasteiger partial charge >= 0.3 is 0 Å². The van der Waals surface area contributed by atoms with E-state index in [1.54, 1.807) is 20.0 Å². The lowest BCUT2D eigenvalue weighted by molar-refractivity contribution is 0.583. The molecule has 6 heteroatoms. The van der Waals surface area contributed by atoms with E-state index in [9.17, 15) is 8.42 Å². The second-order valence-corrected chi connectivity index (χ2v) is 6.95. The molecule has 1 aromatic rings. The molecule has 0 saturated heterocycles. The van der Waals surface area contributed by atoms with Crippen LogP contribution in [0, 0.1) is 6.92 Å². The number of nitrogens with one attached hydrogen (secondary N) is 2. The standard InChI is InChI=1S/C11H17BrN2O2S/c1-8-4-5-10(12)11(6-8)14-17(15,16)9(2)7-13-3/h4-6,9,13-14H,7H2,1-3H3. The first kappa shape index (κ1) is 14.5. The van der Waals surface area contributed by atoms with Crippen LogP contribution in [0.5, 0.6) is 0 Å². The SMILES string of the molecule is CNCC(C)S(=O)(=O)Nc1cc(C)ccc1Br. The van der Waals surface area contributed by atoms with Crippen molar-refractivity contribution in [2.45, 2.75) is 19.1 Å². The smallest absolute Gasteiger partial charge is 0.236 e. The summed E-state index contributed by atoms with van der Waals surface area (Å²) in [5.41, 5.74) is 1.58. The summed E-state index contributed by atoms with van der Waals surface area (Å²) in [6.45, 7) is 4.00. The Bertz CT molecular complexity index is 488. The highest BCUT2D eigenvalue weighted by atomic mass is 79.9. The van der Waals surface area contributed by atoms with Crippen LogP contribution in [0.1, 0.15) is 12.5 Å². The third-order valence-corrected chi connectivity index (χ3v) is 4.82. The summed E-state index contributed by atoms with van der Waals surface area (Å²) >= 11 is 3.33. The van der Waals surface area contributed by atoms with E-state index in [2.05, 4.69) is 26.0 Å². The molecule has 0 heterocycles. The van der Waals surface area contributed by atoms with Gasteiger partial charge in [0.25, 0.3) is 0 Å². The van der Waals surface area contributed by atoms with Crippen molar-refractivity contribution in [2.24, 2.45) is 0 Å². The number of benzene rings is 1. The van der Waals surface area contributed by atoms with Crippen LogP contribution in [0.4, 0.5) is 5.69 Å². The average molecular weight is 321 g/mol. The maximum Gasteiger partial charge on any atom is 0.236 e. The lowest BCUT2D eigenvalue weighted by Gasteiger charge is -2.15. The molecule has 1 unspecified atom stereocenters. The monoisotopic (exact) mass is 320 g/mol. The molecule has 0 fully saturated rings. The van der Waals surface area contributed by atoms with E-state index in [0.717, 1.165) is 10.0 Å². The third-order valence-electron chi connectivity index (χ3n) is 2.40. The molecule has 2 N–H and O–H groups in total. The van der Waals surface area contributed by atoms with E-state index >= 15 is 0 Å². The fourth-order valence-corrected chi connectivity index (χ4v) is 2.91. The summed E-state index contributed by atoms with van der Waals surface area (Å²) < 4.78 is 27.3. The van der Waals surface area contributed by atoms with Gasteiger partial charge in [-0.15, -0.1) is 0 Å². The van der Waals surface area contributed by atoms with Crippen LogP contribution in [-0.4, -0.2) is 27.3 Å². The van der Waals surface area contributed by atoms with E-state index < -0.39 is 15.3 Å². The second-order valence-electron chi connectivity index (χ2n) is 4.00. The molecule has 0 radical (unpaired) electrons. The first-order valence-corrected chi connectivity index (χ1v) is 7.63. The Hall–Kier alpha value is -0.590. The zero-order valence-corrected chi connectivity index (χ0v) is 12.5. The number of anilines is 1. The molecule has 0 aliphatic rings. The summed E-state index contributed by atoms with van der Waals surface area (Å²) in [4.78, 5) is 0. The van der Waals surface area contributed by atoms with Gasteiger partial charge in [-0.2, -0.15) is 0 Å². The molecule has 0 saturated carbocycles. The highest BCUT2D eigenvalue weighted by Gasteiger charge is 2.20. The van der Waals surface area contributed by atoms with Gasteiger partial charge in [-0.25, -0.2) is 8.42 Å². The quantitative estimate of drug-likeness (QED) is 0.873. The minimum absolute atomic E-state index is 0.415. The van der Waals surface area contributed by atoms with Crippen LogP contribution >= 0.6 is 15.9 Å². The molecule has 0 spiro atoms. The van der Waals surface area contributed by atoms with Gasteiger partial charge in [0.2, 0.25) is 10.0 Å². The van der Waals surface area contributed by atoms with Gasteiger partial charge in [0.05, 0.1) is 10.9 Å². The van der Waals surface area contributed by atoms with Gasteiger partial charge in [0, 0.05) is 11.0 Å². The molecule has 1 rings (SSSR count). The summed E-state index contributed by atoms with van der Waals surface area (Å²) in [6.07, 6.45) is 0. The van der Waals surface area contributed by atoms with Gasteiger partial charge in [-0.1, -0.05) is 6.07 Å². The van der Waals surface area contributed by atoms with E-state index in [1.165, 1.54) is 0 Å². The van der Waals surface area contributed by atoms with Gasteiger partial charge < -0.3 is 5.32 Å². The Labute approximate surface area is 111 Å². The predicted molar refractivity (Wildman–Crippen MR) is 74.8 cm³/mol. The predicted octanol–water partition coefficient (Wildman–Crippen LogP) is 2.11. The molecule has 0 aromatic heterocycles. The highest BCUT2D eigenvalue weighted by Crippen LogP contribution is 2.25. The lowest BCUT2D eigenvalue weighted by atomic mass is 10.2. The average Bonchev–Trinajstić information content (AvgIpc) is 2.23. The maximum atomic E-state index is 12.0. The Morgan fingerprint density at radius 3 is 2.65 bits per heavy atom. The number of hydrogen-bond acceptors (Lipinski definition) is 3. The van der Waals surface area contributed by atoms with Crippen molar-refractivity contribution in [3.05, 3.63) is 28.2 Å². The van der Waals surface area contributed by atoms with Crippen molar-refractivity contribution in [3.63, 3.8) is 0 Å². The topological polar surface area (TPSA) is 58.2 Å². The highest BCUT2D eigenvalue weighted by molar-refractivity contribution is 9.10. The zero-order valence-electron chi connectivity index (χ0n) is 10.1. The molecule has 0 aliphatic heterocycles. The molecule has 0 bridgehead atoms. The van der Waals surface area contributed by atoms with Crippen molar-refractivity contribution < 1.29 is 8.42 Å². The minimum atomic E-state index is -3.36. The van der Waals surface area contributed by atoms with Gasteiger partial charge in [0.15, 0.2) is 0 Å². The van der Waals surface area contributed by atoms with E-state index in [-0.39, 0.29) is 0 Å². The third kappa shape index (κ3) is 3.97. The van der Waals surface area contributed by atoms with Crippen LogP contribution in [0.3, 0.4) is 0 Å². The normalized spacial score (nSPS) is 13.4. The van der Waals surface area contributed by atoms with E-state index in [1.807, 2.05) is 19.1 Å². The maximum absolute atomic E-state index is 12.0. The lowest BCUT2D eigenvalue weighted by Crippen LogP contribution is -2.33. The fourth-order valence-electron chi connectivity index (χ4n) is 1.37. The summed E-state index contributed by atoms with van der Waals surface area (Å²) in [5.74, 6) is 0. The van der Waals surface area contributed by atoms with E-state index in [4.69, 9.17) is 0 Å². The number of halogens is 1.